The van der Waals surface area contributed by atoms with Crippen LogP contribution in [0, 0.1) is 0 Å². The topological polar surface area (TPSA) is 63.6 Å². The van der Waals surface area contributed by atoms with E-state index in [0.717, 1.165) is 5.56 Å². The lowest BCUT2D eigenvalue weighted by atomic mass is 10.2. The third-order valence-corrected chi connectivity index (χ3v) is 3.84. The fourth-order valence-corrected chi connectivity index (χ4v) is 2.38. The SMILES string of the molecule is CCC(C(=O)O)S(=O)COCc1ccccc1. The van der Waals surface area contributed by atoms with E-state index in [1.54, 1.807) is 6.92 Å². The summed E-state index contributed by atoms with van der Waals surface area (Å²) in [5.41, 5.74) is 0.980. The van der Waals surface area contributed by atoms with Gasteiger partial charge in [0.05, 0.1) is 17.4 Å². The van der Waals surface area contributed by atoms with Gasteiger partial charge in [0.15, 0.2) is 0 Å². The van der Waals surface area contributed by atoms with E-state index in [-0.39, 0.29) is 5.94 Å². The third-order valence-electron chi connectivity index (χ3n) is 2.27. The molecule has 0 aliphatic heterocycles. The van der Waals surface area contributed by atoms with E-state index in [9.17, 15) is 9.00 Å². The smallest absolute Gasteiger partial charge is 0.319 e. The second-order valence-corrected chi connectivity index (χ2v) is 5.13. The quantitative estimate of drug-likeness (QED) is 0.807. The molecule has 0 saturated heterocycles. The Kier molecular flexibility index (Phi) is 5.86. The van der Waals surface area contributed by atoms with E-state index in [2.05, 4.69) is 0 Å². The van der Waals surface area contributed by atoms with Crippen molar-refractivity contribution in [2.24, 2.45) is 0 Å². The van der Waals surface area contributed by atoms with Crippen molar-refractivity contribution in [3.05, 3.63) is 35.9 Å². The van der Waals surface area contributed by atoms with E-state index in [1.807, 2.05) is 30.3 Å². The highest BCUT2D eigenvalue weighted by Gasteiger charge is 2.22. The minimum Gasteiger partial charge on any atom is -0.480 e. The van der Waals surface area contributed by atoms with Gasteiger partial charge in [-0.2, -0.15) is 0 Å². The van der Waals surface area contributed by atoms with Crippen LogP contribution in [0.4, 0.5) is 0 Å². The molecule has 0 radical (unpaired) electrons. The summed E-state index contributed by atoms with van der Waals surface area (Å²) in [5.74, 6) is -1.08. The Hall–Kier alpha value is -1.20. The fraction of sp³-hybridized carbons (Fsp3) is 0.417. The summed E-state index contributed by atoms with van der Waals surface area (Å²) in [6.07, 6.45) is 0.344. The Balaban J connectivity index is 2.36. The molecule has 0 heterocycles. The van der Waals surface area contributed by atoms with E-state index < -0.39 is 22.0 Å². The molecule has 2 unspecified atom stereocenters. The van der Waals surface area contributed by atoms with Crippen LogP contribution in [0.1, 0.15) is 18.9 Å². The molecule has 94 valence electrons. The second kappa shape index (κ2) is 7.19. The van der Waals surface area contributed by atoms with Gasteiger partial charge in [0.1, 0.15) is 11.2 Å². The van der Waals surface area contributed by atoms with Crippen molar-refractivity contribution in [3.8, 4) is 0 Å². The van der Waals surface area contributed by atoms with Crippen LogP contribution in [0.25, 0.3) is 0 Å². The number of ether oxygens (including phenoxy) is 1. The Morgan fingerprint density at radius 1 is 1.41 bits per heavy atom. The molecule has 0 spiro atoms. The first-order valence-corrected chi connectivity index (χ1v) is 6.75. The molecular formula is C12H16O4S. The van der Waals surface area contributed by atoms with Crippen LogP contribution in [0.2, 0.25) is 0 Å². The Morgan fingerprint density at radius 2 is 2.06 bits per heavy atom. The van der Waals surface area contributed by atoms with E-state index in [4.69, 9.17) is 9.84 Å². The zero-order valence-electron chi connectivity index (χ0n) is 9.67. The molecule has 1 aromatic rings. The lowest BCUT2D eigenvalue weighted by Crippen LogP contribution is -2.27. The van der Waals surface area contributed by atoms with Gasteiger partial charge >= 0.3 is 5.97 Å². The molecule has 5 heteroatoms. The Morgan fingerprint density at radius 3 is 2.59 bits per heavy atom. The molecule has 17 heavy (non-hydrogen) atoms. The summed E-state index contributed by atoms with van der Waals surface area (Å²) in [6, 6.07) is 9.48. The standard InChI is InChI=1S/C12H16O4S/c1-2-11(12(13)14)17(15)9-16-8-10-6-4-3-5-7-10/h3-7,11H,2,8-9H2,1H3,(H,13,14). The highest BCUT2D eigenvalue weighted by Crippen LogP contribution is 2.05. The summed E-state index contributed by atoms with van der Waals surface area (Å²) in [4.78, 5) is 10.8. The number of hydrogen-bond acceptors (Lipinski definition) is 3. The average molecular weight is 256 g/mol. The van der Waals surface area contributed by atoms with Gasteiger partial charge in [0.2, 0.25) is 0 Å². The maximum Gasteiger partial charge on any atom is 0.319 e. The highest BCUT2D eigenvalue weighted by molar-refractivity contribution is 7.86. The maximum absolute atomic E-state index is 11.6. The molecule has 2 atom stereocenters. The molecule has 0 fully saturated rings. The van der Waals surface area contributed by atoms with Gasteiger partial charge in [0, 0.05) is 0 Å². The summed E-state index contributed by atoms with van der Waals surface area (Å²) in [6.45, 7) is 2.05. The van der Waals surface area contributed by atoms with Crippen molar-refractivity contribution in [1.29, 1.82) is 0 Å². The monoisotopic (exact) mass is 256 g/mol. The van der Waals surface area contributed by atoms with Crippen LogP contribution in [0.15, 0.2) is 30.3 Å². The fourth-order valence-electron chi connectivity index (χ4n) is 1.37. The number of rotatable bonds is 7. The zero-order valence-corrected chi connectivity index (χ0v) is 10.5. The first-order valence-electron chi connectivity index (χ1n) is 5.36. The molecule has 0 aliphatic rings. The molecule has 1 N–H and O–H groups in total. The third kappa shape index (κ3) is 4.66. The second-order valence-electron chi connectivity index (χ2n) is 3.57. The first kappa shape index (κ1) is 13.9. The Labute approximate surface area is 103 Å². The van der Waals surface area contributed by atoms with Crippen LogP contribution in [-0.4, -0.2) is 26.5 Å². The van der Waals surface area contributed by atoms with Crippen molar-refractivity contribution in [2.45, 2.75) is 25.2 Å². The largest absolute Gasteiger partial charge is 0.480 e. The number of hydrogen-bond donors (Lipinski definition) is 1. The van der Waals surface area contributed by atoms with Gasteiger partial charge in [-0.25, -0.2) is 0 Å². The van der Waals surface area contributed by atoms with Gasteiger partial charge in [0.25, 0.3) is 0 Å². The average Bonchev–Trinajstić information content (AvgIpc) is 2.30. The molecule has 0 aromatic heterocycles. The maximum atomic E-state index is 11.6. The number of carboxylic acids is 1. The highest BCUT2D eigenvalue weighted by atomic mass is 32.2. The molecule has 0 saturated carbocycles. The molecule has 0 amide bonds. The number of carbonyl (C=O) groups is 1. The molecule has 4 nitrogen and oxygen atoms in total. The summed E-state index contributed by atoms with van der Waals surface area (Å²) in [5, 5.41) is 7.97. The van der Waals surface area contributed by atoms with Crippen LogP contribution in [0.3, 0.4) is 0 Å². The summed E-state index contributed by atoms with van der Waals surface area (Å²) in [7, 11) is -1.48. The molecule has 1 rings (SSSR count). The molecular weight excluding hydrogens is 240 g/mol. The predicted octanol–water partition coefficient (Wildman–Crippen LogP) is 1.77. The summed E-state index contributed by atoms with van der Waals surface area (Å²) >= 11 is 0. The molecule has 0 aliphatic carbocycles. The van der Waals surface area contributed by atoms with Crippen molar-refractivity contribution in [3.63, 3.8) is 0 Å². The van der Waals surface area contributed by atoms with Gasteiger partial charge in [-0.05, 0) is 12.0 Å². The zero-order chi connectivity index (χ0) is 12.7. The van der Waals surface area contributed by atoms with Gasteiger partial charge in [-0.15, -0.1) is 0 Å². The van der Waals surface area contributed by atoms with Crippen molar-refractivity contribution in [1.82, 2.24) is 0 Å². The molecule has 0 bridgehead atoms. The Bertz CT molecular complexity index is 377. The van der Waals surface area contributed by atoms with Gasteiger partial charge in [-0.1, -0.05) is 37.3 Å². The van der Waals surface area contributed by atoms with Crippen molar-refractivity contribution < 1.29 is 18.8 Å². The first-order chi connectivity index (χ1) is 8.15. The minimum atomic E-state index is -1.48. The van der Waals surface area contributed by atoms with E-state index in [1.165, 1.54) is 0 Å². The van der Waals surface area contributed by atoms with Crippen LogP contribution in [-0.2, 0) is 26.9 Å². The van der Waals surface area contributed by atoms with Crippen LogP contribution >= 0.6 is 0 Å². The van der Waals surface area contributed by atoms with Crippen LogP contribution < -0.4 is 0 Å². The predicted molar refractivity (Wildman–Crippen MR) is 66.0 cm³/mol. The van der Waals surface area contributed by atoms with Crippen molar-refractivity contribution in [2.75, 3.05) is 5.94 Å². The minimum absolute atomic E-state index is 0.0420. The van der Waals surface area contributed by atoms with Crippen molar-refractivity contribution >= 4 is 16.8 Å². The summed E-state index contributed by atoms with van der Waals surface area (Å²) < 4.78 is 16.9. The van der Waals surface area contributed by atoms with E-state index in [0.29, 0.717) is 13.0 Å². The van der Waals surface area contributed by atoms with Crippen LogP contribution in [0.5, 0.6) is 0 Å². The molecule has 1 aromatic carbocycles. The lowest BCUT2D eigenvalue weighted by molar-refractivity contribution is -0.136. The number of aliphatic carboxylic acids is 1. The van der Waals surface area contributed by atoms with Gasteiger partial charge < -0.3 is 9.84 Å². The van der Waals surface area contributed by atoms with Gasteiger partial charge in [-0.3, -0.25) is 9.00 Å². The number of benzene rings is 1. The lowest BCUT2D eigenvalue weighted by Gasteiger charge is -2.10. The van der Waals surface area contributed by atoms with E-state index >= 15 is 0 Å². The normalized spacial score (nSPS) is 14.2. The number of carboxylic acid groups (broad SMARTS) is 1.